The van der Waals surface area contributed by atoms with Crippen LogP contribution >= 0.6 is 15.9 Å². The monoisotopic (exact) mass is 282 g/mol. The standard InChI is InChI=1S/C13H19BrN2/c1-11-9-13(4-3-12(11)10-14)16-7-5-15(2)6-8-16/h3-4,9H,5-8,10H2,1-2H3. The first-order valence-electron chi connectivity index (χ1n) is 5.79. The maximum atomic E-state index is 3.52. The molecule has 0 aliphatic carbocycles. The summed E-state index contributed by atoms with van der Waals surface area (Å²) < 4.78 is 0. The molecule has 0 aromatic heterocycles. The molecule has 1 saturated heterocycles. The third-order valence-corrected chi connectivity index (χ3v) is 3.94. The summed E-state index contributed by atoms with van der Waals surface area (Å²) in [7, 11) is 2.19. The van der Waals surface area contributed by atoms with Gasteiger partial charge < -0.3 is 9.80 Å². The van der Waals surface area contributed by atoms with Gasteiger partial charge in [0.25, 0.3) is 0 Å². The predicted octanol–water partition coefficient (Wildman–Crippen LogP) is 2.64. The van der Waals surface area contributed by atoms with Crippen molar-refractivity contribution in [2.45, 2.75) is 12.3 Å². The van der Waals surface area contributed by atoms with Gasteiger partial charge in [-0.2, -0.15) is 0 Å². The van der Waals surface area contributed by atoms with Crippen LogP contribution in [0, 0.1) is 6.92 Å². The highest BCUT2D eigenvalue weighted by Crippen LogP contribution is 2.21. The maximum Gasteiger partial charge on any atom is 0.0369 e. The first-order chi connectivity index (χ1) is 7.70. The molecule has 0 saturated carbocycles. The molecule has 1 aromatic carbocycles. The van der Waals surface area contributed by atoms with Gasteiger partial charge in [0.2, 0.25) is 0 Å². The lowest BCUT2D eigenvalue weighted by Crippen LogP contribution is -2.44. The Hall–Kier alpha value is -0.540. The van der Waals surface area contributed by atoms with Gasteiger partial charge in [-0.15, -0.1) is 0 Å². The highest BCUT2D eigenvalue weighted by atomic mass is 79.9. The number of anilines is 1. The fraction of sp³-hybridized carbons (Fsp3) is 0.538. The second-order valence-electron chi connectivity index (χ2n) is 4.53. The van der Waals surface area contributed by atoms with E-state index in [4.69, 9.17) is 0 Å². The van der Waals surface area contributed by atoms with E-state index in [2.05, 4.69) is 57.9 Å². The Bertz CT molecular complexity index is 357. The van der Waals surface area contributed by atoms with Crippen molar-refractivity contribution >= 4 is 21.6 Å². The van der Waals surface area contributed by atoms with E-state index >= 15 is 0 Å². The van der Waals surface area contributed by atoms with Crippen LogP contribution in [0.1, 0.15) is 11.1 Å². The van der Waals surface area contributed by atoms with Gasteiger partial charge >= 0.3 is 0 Å². The molecular formula is C13H19BrN2. The third kappa shape index (κ3) is 2.58. The zero-order chi connectivity index (χ0) is 11.5. The van der Waals surface area contributed by atoms with Gasteiger partial charge in [0.1, 0.15) is 0 Å². The Morgan fingerprint density at radius 1 is 1.19 bits per heavy atom. The topological polar surface area (TPSA) is 6.48 Å². The van der Waals surface area contributed by atoms with Gasteiger partial charge in [0, 0.05) is 37.2 Å². The lowest BCUT2D eigenvalue weighted by molar-refractivity contribution is 0.313. The summed E-state index contributed by atoms with van der Waals surface area (Å²) >= 11 is 3.52. The van der Waals surface area contributed by atoms with Crippen molar-refractivity contribution in [3.05, 3.63) is 29.3 Å². The SMILES string of the molecule is Cc1cc(N2CCN(C)CC2)ccc1CBr. The van der Waals surface area contributed by atoms with E-state index in [1.54, 1.807) is 0 Å². The molecule has 1 aliphatic heterocycles. The molecule has 1 heterocycles. The molecule has 2 rings (SSSR count). The Morgan fingerprint density at radius 2 is 1.88 bits per heavy atom. The quantitative estimate of drug-likeness (QED) is 0.770. The number of likely N-dealkylation sites (N-methyl/N-ethyl adjacent to an activating group) is 1. The molecule has 16 heavy (non-hydrogen) atoms. The summed E-state index contributed by atoms with van der Waals surface area (Å²) in [6.45, 7) is 6.81. The number of alkyl halides is 1. The van der Waals surface area contributed by atoms with Crippen molar-refractivity contribution in [2.24, 2.45) is 0 Å². The molecule has 1 aliphatic rings. The van der Waals surface area contributed by atoms with Crippen LogP contribution in [-0.4, -0.2) is 38.1 Å². The Labute approximate surface area is 106 Å². The molecule has 1 fully saturated rings. The minimum absolute atomic E-state index is 0.946. The molecule has 88 valence electrons. The molecule has 0 N–H and O–H groups in total. The molecule has 1 aromatic rings. The number of halogens is 1. The van der Waals surface area contributed by atoms with Gasteiger partial charge in [-0.3, -0.25) is 0 Å². The fourth-order valence-electron chi connectivity index (χ4n) is 2.09. The lowest BCUT2D eigenvalue weighted by atomic mass is 10.1. The highest BCUT2D eigenvalue weighted by Gasteiger charge is 2.14. The Balaban J connectivity index is 2.12. The summed E-state index contributed by atoms with van der Waals surface area (Å²) in [4.78, 5) is 4.86. The average Bonchev–Trinajstić information content (AvgIpc) is 2.30. The minimum atomic E-state index is 0.946. The second kappa shape index (κ2) is 5.19. The lowest BCUT2D eigenvalue weighted by Gasteiger charge is -2.34. The maximum absolute atomic E-state index is 3.52. The van der Waals surface area contributed by atoms with Crippen LogP contribution in [0.2, 0.25) is 0 Å². The van der Waals surface area contributed by atoms with Gasteiger partial charge in [-0.1, -0.05) is 22.0 Å². The van der Waals surface area contributed by atoms with E-state index in [1.165, 1.54) is 29.9 Å². The van der Waals surface area contributed by atoms with Crippen LogP contribution in [0.3, 0.4) is 0 Å². The minimum Gasteiger partial charge on any atom is -0.369 e. The summed E-state index contributed by atoms with van der Waals surface area (Å²) in [5.41, 5.74) is 4.14. The molecule has 2 nitrogen and oxygen atoms in total. The largest absolute Gasteiger partial charge is 0.369 e. The number of benzene rings is 1. The van der Waals surface area contributed by atoms with E-state index in [1.807, 2.05) is 0 Å². The van der Waals surface area contributed by atoms with Crippen LogP contribution in [0.15, 0.2) is 18.2 Å². The fourth-order valence-corrected chi connectivity index (χ4v) is 2.72. The van der Waals surface area contributed by atoms with E-state index in [0.29, 0.717) is 0 Å². The molecule has 3 heteroatoms. The highest BCUT2D eigenvalue weighted by molar-refractivity contribution is 9.08. The van der Waals surface area contributed by atoms with E-state index in [9.17, 15) is 0 Å². The molecule has 0 atom stereocenters. The molecule has 0 radical (unpaired) electrons. The van der Waals surface area contributed by atoms with E-state index < -0.39 is 0 Å². The van der Waals surface area contributed by atoms with Crippen LogP contribution in [0.4, 0.5) is 5.69 Å². The number of piperazine rings is 1. The van der Waals surface area contributed by atoms with Crippen molar-refractivity contribution in [2.75, 3.05) is 38.1 Å². The normalized spacial score (nSPS) is 17.8. The molecular weight excluding hydrogens is 264 g/mol. The Kier molecular flexibility index (Phi) is 3.87. The summed E-state index contributed by atoms with van der Waals surface area (Å²) in [5.74, 6) is 0. The van der Waals surface area contributed by atoms with Gasteiger partial charge in [-0.25, -0.2) is 0 Å². The zero-order valence-corrected chi connectivity index (χ0v) is 11.6. The zero-order valence-electron chi connectivity index (χ0n) is 10.0. The number of aryl methyl sites for hydroxylation is 1. The van der Waals surface area contributed by atoms with Crippen LogP contribution < -0.4 is 4.90 Å². The first-order valence-corrected chi connectivity index (χ1v) is 6.92. The molecule has 0 amide bonds. The van der Waals surface area contributed by atoms with Gasteiger partial charge in [0.15, 0.2) is 0 Å². The van der Waals surface area contributed by atoms with Crippen molar-refractivity contribution in [3.63, 3.8) is 0 Å². The average molecular weight is 283 g/mol. The van der Waals surface area contributed by atoms with Crippen molar-refractivity contribution in [3.8, 4) is 0 Å². The van der Waals surface area contributed by atoms with Crippen molar-refractivity contribution in [1.82, 2.24) is 4.90 Å². The molecule has 0 spiro atoms. The molecule has 0 bridgehead atoms. The van der Waals surface area contributed by atoms with E-state index in [-0.39, 0.29) is 0 Å². The van der Waals surface area contributed by atoms with Crippen molar-refractivity contribution in [1.29, 1.82) is 0 Å². The predicted molar refractivity (Wildman–Crippen MR) is 73.5 cm³/mol. The Morgan fingerprint density at radius 3 is 2.44 bits per heavy atom. The van der Waals surface area contributed by atoms with Crippen molar-refractivity contribution < 1.29 is 0 Å². The number of hydrogen-bond acceptors (Lipinski definition) is 2. The number of rotatable bonds is 2. The van der Waals surface area contributed by atoms with E-state index in [0.717, 1.165) is 18.4 Å². The van der Waals surface area contributed by atoms with Gasteiger partial charge in [0.05, 0.1) is 0 Å². The smallest absolute Gasteiger partial charge is 0.0369 e. The van der Waals surface area contributed by atoms with Crippen LogP contribution in [-0.2, 0) is 5.33 Å². The number of nitrogens with zero attached hydrogens (tertiary/aromatic N) is 2. The second-order valence-corrected chi connectivity index (χ2v) is 5.10. The van der Waals surface area contributed by atoms with Crippen LogP contribution in [0.5, 0.6) is 0 Å². The third-order valence-electron chi connectivity index (χ3n) is 3.34. The van der Waals surface area contributed by atoms with Crippen LogP contribution in [0.25, 0.3) is 0 Å². The summed E-state index contributed by atoms with van der Waals surface area (Å²) in [6.07, 6.45) is 0. The number of hydrogen-bond donors (Lipinski definition) is 0. The summed E-state index contributed by atoms with van der Waals surface area (Å²) in [5, 5.41) is 0.946. The summed E-state index contributed by atoms with van der Waals surface area (Å²) in [6, 6.07) is 6.79. The first kappa shape index (κ1) is 11.9. The van der Waals surface area contributed by atoms with Gasteiger partial charge in [-0.05, 0) is 37.2 Å². The molecule has 0 unspecified atom stereocenters.